The number of carboxylic acids is 1. The van der Waals surface area contributed by atoms with Crippen LogP contribution in [0.1, 0.15) is 28.8 Å². The molecule has 2 aromatic heterocycles. The number of carbonyl (C=O) groups is 1. The molecule has 1 aliphatic rings. The number of fused-ring (bicyclic) bond motifs is 1. The number of halogens is 1. The van der Waals surface area contributed by atoms with Gasteiger partial charge in [-0.15, -0.1) is 0 Å². The normalized spacial score (nSPS) is 18.9. The van der Waals surface area contributed by atoms with Crippen molar-refractivity contribution in [3.63, 3.8) is 0 Å². The van der Waals surface area contributed by atoms with E-state index in [1.807, 2.05) is 60.8 Å². The molecule has 0 spiro atoms. The van der Waals surface area contributed by atoms with Crippen LogP contribution in [0.4, 0.5) is 5.69 Å². The van der Waals surface area contributed by atoms with Crippen LogP contribution in [0.25, 0.3) is 22.2 Å². The SMILES string of the molecule is COC1(Cc2ccccc2-c2ccc(Cl)cc2)CCN(c2ccc(C(=O)O)cc2)C(Oc2cnc3[nH]ccc3c2)C1. The van der Waals surface area contributed by atoms with Gasteiger partial charge >= 0.3 is 5.97 Å². The predicted octanol–water partition coefficient (Wildman–Crippen LogP) is 7.21. The Hall–Kier alpha value is -4.33. The molecule has 5 aromatic rings. The average molecular weight is 568 g/mol. The third-order valence-corrected chi connectivity index (χ3v) is 8.17. The van der Waals surface area contributed by atoms with Crippen molar-refractivity contribution in [3.8, 4) is 16.9 Å². The number of piperidine rings is 1. The van der Waals surface area contributed by atoms with Crippen molar-refractivity contribution in [2.24, 2.45) is 0 Å². The molecule has 1 fully saturated rings. The quantitative estimate of drug-likeness (QED) is 0.206. The first kappa shape index (κ1) is 26.9. The van der Waals surface area contributed by atoms with E-state index in [0.717, 1.165) is 34.3 Å². The predicted molar refractivity (Wildman–Crippen MR) is 161 cm³/mol. The molecule has 2 unspecified atom stereocenters. The first-order valence-corrected chi connectivity index (χ1v) is 13.9. The van der Waals surface area contributed by atoms with Gasteiger partial charge in [0, 0.05) is 48.8 Å². The summed E-state index contributed by atoms with van der Waals surface area (Å²) in [6.45, 7) is 0.661. The number of rotatable bonds is 8. The van der Waals surface area contributed by atoms with Crippen LogP contribution in [0.15, 0.2) is 97.3 Å². The van der Waals surface area contributed by atoms with Gasteiger partial charge in [0.05, 0.1) is 17.4 Å². The minimum absolute atomic E-state index is 0.246. The highest BCUT2D eigenvalue weighted by Crippen LogP contribution is 2.39. The highest BCUT2D eigenvalue weighted by atomic mass is 35.5. The second kappa shape index (κ2) is 11.3. The minimum Gasteiger partial charge on any atom is -0.478 e. The number of nitrogens with one attached hydrogen (secondary N) is 1. The van der Waals surface area contributed by atoms with E-state index in [1.165, 1.54) is 5.56 Å². The van der Waals surface area contributed by atoms with Crippen LogP contribution < -0.4 is 9.64 Å². The lowest BCUT2D eigenvalue weighted by atomic mass is 9.81. The number of pyridine rings is 1. The molecule has 3 aromatic carbocycles. The maximum Gasteiger partial charge on any atom is 0.335 e. The molecular formula is C33H30ClN3O4. The third-order valence-electron chi connectivity index (χ3n) is 7.91. The van der Waals surface area contributed by atoms with Crippen molar-refractivity contribution < 1.29 is 19.4 Å². The van der Waals surface area contributed by atoms with Crippen molar-refractivity contribution in [1.82, 2.24) is 9.97 Å². The van der Waals surface area contributed by atoms with Gasteiger partial charge in [0.25, 0.3) is 0 Å². The number of carboxylic acid groups (broad SMARTS) is 1. The summed E-state index contributed by atoms with van der Waals surface area (Å²) in [6, 6.07) is 27.2. The number of aromatic nitrogens is 2. The van der Waals surface area contributed by atoms with Gasteiger partial charge in [-0.2, -0.15) is 0 Å². The van der Waals surface area contributed by atoms with Crippen LogP contribution in [0.2, 0.25) is 5.02 Å². The maximum absolute atomic E-state index is 11.5. The highest BCUT2D eigenvalue weighted by molar-refractivity contribution is 6.30. The fourth-order valence-electron chi connectivity index (χ4n) is 5.69. The molecule has 6 rings (SSSR count). The number of aromatic carboxylic acids is 1. The van der Waals surface area contributed by atoms with E-state index in [-0.39, 0.29) is 11.8 Å². The summed E-state index contributed by atoms with van der Waals surface area (Å²) >= 11 is 6.16. The molecule has 7 nitrogen and oxygen atoms in total. The first-order valence-electron chi connectivity index (χ1n) is 13.5. The second-order valence-electron chi connectivity index (χ2n) is 10.4. The molecule has 3 heterocycles. The Morgan fingerprint density at radius 2 is 1.88 bits per heavy atom. The largest absolute Gasteiger partial charge is 0.478 e. The van der Waals surface area contributed by atoms with Crippen molar-refractivity contribution in [3.05, 3.63) is 113 Å². The Morgan fingerprint density at radius 3 is 2.63 bits per heavy atom. The highest BCUT2D eigenvalue weighted by Gasteiger charge is 2.42. The fourth-order valence-corrected chi connectivity index (χ4v) is 5.81. The molecule has 2 atom stereocenters. The third kappa shape index (κ3) is 5.64. The number of ether oxygens (including phenoxy) is 2. The lowest BCUT2D eigenvalue weighted by Gasteiger charge is -2.46. The molecule has 8 heteroatoms. The molecule has 0 aliphatic carbocycles. The number of benzene rings is 3. The van der Waals surface area contributed by atoms with Gasteiger partial charge in [0.15, 0.2) is 6.23 Å². The average Bonchev–Trinajstić information content (AvgIpc) is 3.46. The number of hydrogen-bond donors (Lipinski definition) is 2. The monoisotopic (exact) mass is 567 g/mol. The van der Waals surface area contributed by atoms with Crippen LogP contribution in [-0.4, -0.2) is 46.5 Å². The van der Waals surface area contributed by atoms with E-state index in [9.17, 15) is 9.90 Å². The number of anilines is 1. The standard InChI is InChI=1S/C33H30ClN3O4/c1-40-33(19-25-4-2-3-5-29(25)22-6-10-26(34)11-7-22)15-17-37(27-12-8-23(9-13-27)32(38)39)30(20-33)41-28-18-24-14-16-35-31(24)36-21-28/h2-14,16,18,21,30H,15,17,19-20H2,1H3,(H,35,36)(H,38,39). The molecule has 2 N–H and O–H groups in total. The Kier molecular flexibility index (Phi) is 7.39. The molecule has 0 amide bonds. The molecule has 0 saturated carbocycles. The van der Waals surface area contributed by atoms with Crippen molar-refractivity contribution >= 4 is 34.3 Å². The number of methoxy groups -OCH3 is 1. The summed E-state index contributed by atoms with van der Waals surface area (Å²) in [5.74, 6) is -0.297. The van der Waals surface area contributed by atoms with Gasteiger partial charge in [0.1, 0.15) is 11.4 Å². The number of nitrogens with zero attached hydrogens (tertiary/aromatic N) is 2. The molecule has 0 bridgehead atoms. The Labute approximate surface area is 243 Å². The number of aromatic amines is 1. The summed E-state index contributed by atoms with van der Waals surface area (Å²) in [5, 5.41) is 11.1. The van der Waals surface area contributed by atoms with E-state index >= 15 is 0 Å². The summed E-state index contributed by atoms with van der Waals surface area (Å²) < 4.78 is 13.0. The fraction of sp³-hybridized carbons (Fsp3) is 0.212. The van der Waals surface area contributed by atoms with Crippen molar-refractivity contribution in [1.29, 1.82) is 0 Å². The van der Waals surface area contributed by atoms with E-state index < -0.39 is 11.6 Å². The molecule has 1 aliphatic heterocycles. The smallest absolute Gasteiger partial charge is 0.335 e. The van der Waals surface area contributed by atoms with Gasteiger partial charge in [-0.25, -0.2) is 9.78 Å². The molecule has 208 valence electrons. The van der Waals surface area contributed by atoms with Gasteiger partial charge in [-0.05, 0) is 71.6 Å². The summed E-state index contributed by atoms with van der Waals surface area (Å²) in [5.41, 5.74) is 4.88. The lowest BCUT2D eigenvalue weighted by Crippen LogP contribution is -2.55. The molecular weight excluding hydrogens is 538 g/mol. The second-order valence-corrected chi connectivity index (χ2v) is 10.8. The van der Waals surface area contributed by atoms with Crippen LogP contribution in [-0.2, 0) is 11.2 Å². The van der Waals surface area contributed by atoms with Crippen LogP contribution >= 0.6 is 11.6 Å². The van der Waals surface area contributed by atoms with E-state index in [1.54, 1.807) is 25.4 Å². The van der Waals surface area contributed by atoms with Crippen molar-refractivity contribution in [2.45, 2.75) is 31.1 Å². The summed E-state index contributed by atoms with van der Waals surface area (Å²) in [6.07, 6.45) is 5.25. The number of H-pyrrole nitrogens is 1. The zero-order valence-electron chi connectivity index (χ0n) is 22.6. The summed E-state index contributed by atoms with van der Waals surface area (Å²) in [7, 11) is 1.77. The molecule has 41 heavy (non-hydrogen) atoms. The Balaban J connectivity index is 1.33. The summed E-state index contributed by atoms with van der Waals surface area (Å²) in [4.78, 5) is 21.3. The zero-order chi connectivity index (χ0) is 28.4. The first-order chi connectivity index (χ1) is 19.9. The van der Waals surface area contributed by atoms with E-state index in [2.05, 4.69) is 33.1 Å². The van der Waals surface area contributed by atoms with E-state index in [0.29, 0.717) is 30.2 Å². The van der Waals surface area contributed by atoms with E-state index in [4.69, 9.17) is 21.1 Å². The van der Waals surface area contributed by atoms with Gasteiger partial charge in [-0.3, -0.25) is 0 Å². The van der Waals surface area contributed by atoms with Gasteiger partial charge < -0.3 is 24.5 Å². The minimum atomic E-state index is -0.952. The topological polar surface area (TPSA) is 87.7 Å². The molecule has 1 saturated heterocycles. The lowest BCUT2D eigenvalue weighted by molar-refractivity contribution is -0.0626. The molecule has 0 radical (unpaired) electrons. The Morgan fingerprint density at radius 1 is 1.10 bits per heavy atom. The zero-order valence-corrected chi connectivity index (χ0v) is 23.3. The van der Waals surface area contributed by atoms with Gasteiger partial charge in [0.2, 0.25) is 0 Å². The van der Waals surface area contributed by atoms with Gasteiger partial charge in [-0.1, -0.05) is 48.0 Å². The van der Waals surface area contributed by atoms with Crippen LogP contribution in [0, 0.1) is 0 Å². The Bertz CT molecular complexity index is 1670. The van der Waals surface area contributed by atoms with Crippen LogP contribution in [0.3, 0.4) is 0 Å². The maximum atomic E-state index is 11.5. The van der Waals surface area contributed by atoms with Crippen LogP contribution in [0.5, 0.6) is 5.75 Å². The van der Waals surface area contributed by atoms with Crippen molar-refractivity contribution in [2.75, 3.05) is 18.6 Å². The number of hydrogen-bond acceptors (Lipinski definition) is 5.